The SMILES string of the molecule is Cc1cc(C)cc(-n2c(C)nc3nc(N4CCC(C)CC4)[nH]c(=O)c3c2=S)c1. The number of anilines is 1. The van der Waals surface area contributed by atoms with Crippen LogP contribution < -0.4 is 10.5 Å². The molecule has 0 unspecified atom stereocenters. The highest BCUT2D eigenvalue weighted by molar-refractivity contribution is 7.71. The van der Waals surface area contributed by atoms with Crippen LogP contribution in [0.5, 0.6) is 0 Å². The Balaban J connectivity index is 1.88. The molecule has 146 valence electrons. The number of aromatic amines is 1. The van der Waals surface area contributed by atoms with Gasteiger partial charge in [-0.1, -0.05) is 25.2 Å². The fraction of sp³-hybridized carbons (Fsp3) is 0.429. The predicted octanol–water partition coefficient (Wildman–Crippen LogP) is 4.00. The average Bonchev–Trinajstić information content (AvgIpc) is 2.60. The number of H-pyrrole nitrogens is 1. The molecule has 1 aliphatic heterocycles. The molecule has 3 heterocycles. The van der Waals surface area contributed by atoms with Gasteiger partial charge in [-0.15, -0.1) is 0 Å². The van der Waals surface area contributed by atoms with E-state index < -0.39 is 0 Å². The number of aromatic nitrogens is 4. The van der Waals surface area contributed by atoms with Crippen LogP contribution in [0.3, 0.4) is 0 Å². The second-order valence-electron chi connectivity index (χ2n) is 7.90. The van der Waals surface area contributed by atoms with Gasteiger partial charge in [0.2, 0.25) is 5.95 Å². The van der Waals surface area contributed by atoms with Crippen LogP contribution in [0.2, 0.25) is 0 Å². The number of hydrogen-bond donors (Lipinski definition) is 1. The summed E-state index contributed by atoms with van der Waals surface area (Å²) in [6.45, 7) is 10.0. The molecule has 7 heteroatoms. The lowest BCUT2D eigenvalue weighted by atomic mass is 10.00. The van der Waals surface area contributed by atoms with Crippen molar-refractivity contribution in [2.24, 2.45) is 5.92 Å². The number of benzene rings is 1. The molecule has 0 bridgehead atoms. The molecule has 1 fully saturated rings. The van der Waals surface area contributed by atoms with Gasteiger partial charge in [0.15, 0.2) is 5.65 Å². The maximum absolute atomic E-state index is 12.9. The summed E-state index contributed by atoms with van der Waals surface area (Å²) in [6, 6.07) is 6.21. The lowest BCUT2D eigenvalue weighted by Crippen LogP contribution is -2.35. The Morgan fingerprint density at radius 1 is 1.07 bits per heavy atom. The van der Waals surface area contributed by atoms with Gasteiger partial charge < -0.3 is 4.90 Å². The summed E-state index contributed by atoms with van der Waals surface area (Å²) in [7, 11) is 0. The molecule has 0 saturated carbocycles. The van der Waals surface area contributed by atoms with Gasteiger partial charge in [0.05, 0.1) is 0 Å². The lowest BCUT2D eigenvalue weighted by molar-refractivity contribution is 0.434. The van der Waals surface area contributed by atoms with E-state index in [9.17, 15) is 4.79 Å². The summed E-state index contributed by atoms with van der Waals surface area (Å²) in [4.78, 5) is 27.3. The molecule has 3 aromatic rings. The second kappa shape index (κ2) is 7.13. The molecule has 4 rings (SSSR count). The molecule has 6 nitrogen and oxygen atoms in total. The molecule has 1 aliphatic rings. The van der Waals surface area contributed by atoms with E-state index >= 15 is 0 Å². The highest BCUT2D eigenvalue weighted by Gasteiger charge is 2.20. The van der Waals surface area contributed by atoms with Crippen LogP contribution in [-0.4, -0.2) is 32.6 Å². The number of fused-ring (bicyclic) bond motifs is 1. The molecular weight excluding hydrogens is 370 g/mol. The molecular formula is C21H25N5OS. The van der Waals surface area contributed by atoms with Crippen LogP contribution in [0.4, 0.5) is 5.95 Å². The smallest absolute Gasteiger partial charge is 0.264 e. The minimum absolute atomic E-state index is 0.228. The molecule has 0 atom stereocenters. The van der Waals surface area contributed by atoms with E-state index in [0.717, 1.165) is 48.6 Å². The zero-order chi connectivity index (χ0) is 20.0. The highest BCUT2D eigenvalue weighted by atomic mass is 32.1. The lowest BCUT2D eigenvalue weighted by Gasteiger charge is -2.30. The number of nitrogens with one attached hydrogen (secondary N) is 1. The fourth-order valence-electron chi connectivity index (χ4n) is 3.94. The Morgan fingerprint density at radius 2 is 1.71 bits per heavy atom. The molecule has 0 aliphatic carbocycles. The second-order valence-corrected chi connectivity index (χ2v) is 8.29. The zero-order valence-electron chi connectivity index (χ0n) is 16.7. The first-order valence-electron chi connectivity index (χ1n) is 9.71. The minimum atomic E-state index is -0.228. The van der Waals surface area contributed by atoms with E-state index in [1.54, 1.807) is 0 Å². The van der Waals surface area contributed by atoms with Gasteiger partial charge in [0.1, 0.15) is 15.9 Å². The van der Waals surface area contributed by atoms with E-state index in [1.165, 1.54) is 0 Å². The van der Waals surface area contributed by atoms with E-state index in [-0.39, 0.29) is 5.56 Å². The van der Waals surface area contributed by atoms with E-state index in [1.807, 2.05) is 37.5 Å². The molecule has 1 aromatic carbocycles. The predicted molar refractivity (Wildman–Crippen MR) is 115 cm³/mol. The average molecular weight is 396 g/mol. The minimum Gasteiger partial charge on any atom is -0.342 e. The number of nitrogens with zero attached hydrogens (tertiary/aromatic N) is 4. The van der Waals surface area contributed by atoms with Gasteiger partial charge >= 0.3 is 0 Å². The van der Waals surface area contributed by atoms with Crippen molar-refractivity contribution in [3.8, 4) is 5.69 Å². The van der Waals surface area contributed by atoms with Crippen molar-refractivity contribution < 1.29 is 0 Å². The van der Waals surface area contributed by atoms with Crippen molar-refractivity contribution >= 4 is 29.2 Å². The number of hydrogen-bond acceptors (Lipinski definition) is 5. The van der Waals surface area contributed by atoms with Crippen LogP contribution in [0.15, 0.2) is 23.0 Å². The summed E-state index contributed by atoms with van der Waals surface area (Å²) in [6.07, 6.45) is 2.20. The first kappa shape index (κ1) is 18.8. The Morgan fingerprint density at radius 3 is 2.36 bits per heavy atom. The van der Waals surface area contributed by atoms with Crippen molar-refractivity contribution in [3.63, 3.8) is 0 Å². The Labute approximate surface area is 169 Å². The zero-order valence-corrected chi connectivity index (χ0v) is 17.6. The topological polar surface area (TPSA) is 66.8 Å². The normalized spacial score (nSPS) is 15.4. The van der Waals surface area contributed by atoms with Gasteiger partial charge in [-0.3, -0.25) is 14.3 Å². The monoisotopic (exact) mass is 395 g/mol. The maximum atomic E-state index is 12.9. The summed E-state index contributed by atoms with van der Waals surface area (Å²) in [5, 5.41) is 0.369. The summed E-state index contributed by atoms with van der Waals surface area (Å²) in [5.74, 6) is 2.02. The molecule has 1 saturated heterocycles. The Bertz CT molecular complexity index is 1150. The summed E-state index contributed by atoms with van der Waals surface area (Å²) < 4.78 is 2.30. The molecule has 1 N–H and O–H groups in total. The van der Waals surface area contributed by atoms with Crippen molar-refractivity contribution in [3.05, 3.63) is 50.1 Å². The number of piperidine rings is 1. The van der Waals surface area contributed by atoms with Crippen LogP contribution in [0, 0.1) is 31.3 Å². The first-order valence-corrected chi connectivity index (χ1v) is 10.1. The molecule has 0 amide bonds. The summed E-state index contributed by atoms with van der Waals surface area (Å²) >= 11 is 5.70. The molecule has 2 aromatic heterocycles. The van der Waals surface area contributed by atoms with E-state index in [0.29, 0.717) is 27.5 Å². The maximum Gasteiger partial charge on any atom is 0.264 e. The third-order valence-electron chi connectivity index (χ3n) is 5.44. The van der Waals surface area contributed by atoms with Gasteiger partial charge in [-0.05, 0) is 62.8 Å². The molecule has 0 radical (unpaired) electrons. The third-order valence-corrected chi connectivity index (χ3v) is 5.83. The quantitative estimate of drug-likeness (QED) is 0.665. The van der Waals surface area contributed by atoms with Crippen LogP contribution in [-0.2, 0) is 0 Å². The van der Waals surface area contributed by atoms with Gasteiger partial charge in [-0.2, -0.15) is 4.98 Å². The number of aryl methyl sites for hydroxylation is 3. The molecule has 0 spiro atoms. The fourth-order valence-corrected chi connectivity index (χ4v) is 4.36. The Hall–Kier alpha value is -2.54. The van der Waals surface area contributed by atoms with E-state index in [4.69, 9.17) is 12.2 Å². The van der Waals surface area contributed by atoms with Crippen molar-refractivity contribution in [1.82, 2.24) is 19.5 Å². The largest absolute Gasteiger partial charge is 0.342 e. The third kappa shape index (κ3) is 3.35. The standard InChI is InChI=1S/C21H25N5OS/c1-12-5-7-25(8-6-12)21-23-18-17(19(27)24-21)20(28)26(15(4)22-18)16-10-13(2)9-14(3)11-16/h9-12H,5-8H2,1-4H3,(H,23,24,27). The summed E-state index contributed by atoms with van der Waals surface area (Å²) in [5.41, 5.74) is 3.38. The highest BCUT2D eigenvalue weighted by Crippen LogP contribution is 2.22. The van der Waals surface area contributed by atoms with Gasteiger partial charge in [-0.25, -0.2) is 4.98 Å². The first-order chi connectivity index (χ1) is 13.3. The van der Waals surface area contributed by atoms with Crippen LogP contribution in [0.25, 0.3) is 16.7 Å². The van der Waals surface area contributed by atoms with E-state index in [2.05, 4.69) is 32.8 Å². The van der Waals surface area contributed by atoms with Crippen LogP contribution >= 0.6 is 12.2 Å². The van der Waals surface area contributed by atoms with Crippen molar-refractivity contribution in [2.45, 2.75) is 40.5 Å². The molecule has 28 heavy (non-hydrogen) atoms. The van der Waals surface area contributed by atoms with Crippen LogP contribution in [0.1, 0.15) is 36.7 Å². The van der Waals surface area contributed by atoms with Crippen molar-refractivity contribution in [2.75, 3.05) is 18.0 Å². The van der Waals surface area contributed by atoms with Crippen molar-refractivity contribution in [1.29, 1.82) is 0 Å². The van der Waals surface area contributed by atoms with Gasteiger partial charge in [0, 0.05) is 18.8 Å². The van der Waals surface area contributed by atoms with Gasteiger partial charge in [0.25, 0.3) is 5.56 Å². The number of rotatable bonds is 2. The Kier molecular flexibility index (Phi) is 4.79.